The monoisotopic (exact) mass is 304 g/mol. The van der Waals surface area contributed by atoms with E-state index in [0.717, 1.165) is 31.9 Å². The summed E-state index contributed by atoms with van der Waals surface area (Å²) in [5.74, 6) is 0.909. The second-order valence-electron chi connectivity index (χ2n) is 5.62. The van der Waals surface area contributed by atoms with Crippen molar-refractivity contribution < 1.29 is 4.42 Å². The van der Waals surface area contributed by atoms with Crippen LogP contribution in [0.5, 0.6) is 0 Å². The molecule has 0 atom stereocenters. The van der Waals surface area contributed by atoms with Crippen LogP contribution < -0.4 is 5.32 Å². The summed E-state index contributed by atoms with van der Waals surface area (Å²) >= 11 is 5.78. The maximum Gasteiger partial charge on any atom is 0.193 e. The number of rotatable bonds is 5. The number of halogens is 1. The van der Waals surface area contributed by atoms with Crippen LogP contribution in [0, 0.1) is 0 Å². The highest BCUT2D eigenvalue weighted by molar-refractivity contribution is 6.28. The summed E-state index contributed by atoms with van der Waals surface area (Å²) in [7, 11) is 0. The Labute approximate surface area is 130 Å². The van der Waals surface area contributed by atoms with Crippen LogP contribution in [0.3, 0.4) is 0 Å². The molecule has 0 unspecified atom stereocenters. The van der Waals surface area contributed by atoms with E-state index in [1.807, 2.05) is 6.07 Å². The third kappa shape index (κ3) is 4.34. The van der Waals surface area contributed by atoms with Crippen molar-refractivity contribution in [3.63, 3.8) is 0 Å². The molecule has 1 fully saturated rings. The van der Waals surface area contributed by atoms with Gasteiger partial charge in [0.15, 0.2) is 5.22 Å². The largest absolute Gasteiger partial charge is 0.448 e. The van der Waals surface area contributed by atoms with E-state index in [2.05, 4.69) is 40.5 Å². The van der Waals surface area contributed by atoms with Gasteiger partial charge in [-0.15, -0.1) is 0 Å². The average Bonchev–Trinajstić information content (AvgIpc) is 2.93. The van der Waals surface area contributed by atoms with Crippen LogP contribution in [0.1, 0.15) is 24.2 Å². The van der Waals surface area contributed by atoms with Gasteiger partial charge in [0.25, 0.3) is 0 Å². The number of furan rings is 1. The van der Waals surface area contributed by atoms with Crippen LogP contribution in [0.25, 0.3) is 0 Å². The molecule has 1 aromatic carbocycles. The number of nitrogens with one attached hydrogen (secondary N) is 1. The van der Waals surface area contributed by atoms with Crippen LogP contribution in [-0.2, 0) is 13.1 Å². The average molecular weight is 305 g/mol. The van der Waals surface area contributed by atoms with Gasteiger partial charge in [-0.25, -0.2) is 0 Å². The van der Waals surface area contributed by atoms with Crippen molar-refractivity contribution in [1.29, 1.82) is 0 Å². The minimum atomic E-state index is 0.462. The number of piperidine rings is 1. The summed E-state index contributed by atoms with van der Waals surface area (Å²) in [5.41, 5.74) is 1.40. The zero-order chi connectivity index (χ0) is 14.5. The quantitative estimate of drug-likeness (QED) is 0.913. The highest BCUT2D eigenvalue weighted by Gasteiger charge is 2.19. The van der Waals surface area contributed by atoms with Gasteiger partial charge in [-0.2, -0.15) is 0 Å². The number of hydrogen-bond donors (Lipinski definition) is 1. The molecular formula is C17H21ClN2O. The Morgan fingerprint density at radius 1 is 1.10 bits per heavy atom. The second-order valence-corrected chi connectivity index (χ2v) is 6.00. The van der Waals surface area contributed by atoms with Gasteiger partial charge in [-0.05, 0) is 55.2 Å². The van der Waals surface area contributed by atoms with E-state index >= 15 is 0 Å². The van der Waals surface area contributed by atoms with Gasteiger partial charge >= 0.3 is 0 Å². The van der Waals surface area contributed by atoms with E-state index in [-0.39, 0.29) is 0 Å². The molecule has 0 amide bonds. The summed E-state index contributed by atoms with van der Waals surface area (Å²) < 4.78 is 5.37. The van der Waals surface area contributed by atoms with Crippen LogP contribution in [0.2, 0.25) is 5.22 Å². The Bertz CT molecular complexity index is 547. The van der Waals surface area contributed by atoms with E-state index in [0.29, 0.717) is 11.3 Å². The predicted molar refractivity (Wildman–Crippen MR) is 85.3 cm³/mol. The summed E-state index contributed by atoms with van der Waals surface area (Å²) in [6, 6.07) is 15.0. The molecule has 1 aliphatic rings. The zero-order valence-corrected chi connectivity index (χ0v) is 12.9. The summed E-state index contributed by atoms with van der Waals surface area (Å²) in [6.45, 7) is 4.11. The summed E-state index contributed by atoms with van der Waals surface area (Å²) in [4.78, 5) is 2.53. The minimum Gasteiger partial charge on any atom is -0.448 e. The third-order valence-electron chi connectivity index (χ3n) is 4.03. The van der Waals surface area contributed by atoms with E-state index in [9.17, 15) is 0 Å². The normalized spacial score (nSPS) is 17.2. The first-order valence-electron chi connectivity index (χ1n) is 7.53. The molecule has 112 valence electrons. The van der Waals surface area contributed by atoms with Crippen molar-refractivity contribution in [2.24, 2.45) is 0 Å². The molecule has 1 N–H and O–H groups in total. The first-order valence-corrected chi connectivity index (χ1v) is 7.91. The van der Waals surface area contributed by atoms with Gasteiger partial charge in [0.2, 0.25) is 0 Å². The van der Waals surface area contributed by atoms with Crippen LogP contribution in [0.15, 0.2) is 46.9 Å². The lowest BCUT2D eigenvalue weighted by atomic mass is 10.0. The maximum absolute atomic E-state index is 5.78. The molecule has 0 saturated carbocycles. The van der Waals surface area contributed by atoms with Gasteiger partial charge in [0.05, 0.1) is 6.54 Å². The fourth-order valence-electron chi connectivity index (χ4n) is 2.83. The van der Waals surface area contributed by atoms with E-state index < -0.39 is 0 Å². The molecule has 4 heteroatoms. The van der Waals surface area contributed by atoms with Crippen molar-refractivity contribution in [2.45, 2.75) is 32.0 Å². The van der Waals surface area contributed by atoms with Crippen LogP contribution in [-0.4, -0.2) is 24.0 Å². The Morgan fingerprint density at radius 2 is 1.86 bits per heavy atom. The van der Waals surface area contributed by atoms with Gasteiger partial charge in [0, 0.05) is 12.6 Å². The Hall–Kier alpha value is -1.29. The molecule has 2 heterocycles. The maximum atomic E-state index is 5.78. The molecule has 1 aliphatic heterocycles. The molecule has 0 radical (unpaired) electrons. The molecule has 0 aliphatic carbocycles. The number of benzene rings is 1. The van der Waals surface area contributed by atoms with Crippen molar-refractivity contribution in [3.8, 4) is 0 Å². The van der Waals surface area contributed by atoms with E-state index in [1.165, 1.54) is 18.4 Å². The first kappa shape index (κ1) is 14.6. The molecule has 1 saturated heterocycles. The standard InChI is InChI=1S/C17H21ClN2O/c18-17-7-6-16(21-17)12-19-15-8-10-20(11-9-15)13-14-4-2-1-3-5-14/h1-7,15,19H,8-13H2. The zero-order valence-electron chi connectivity index (χ0n) is 12.1. The lowest BCUT2D eigenvalue weighted by Crippen LogP contribution is -2.41. The predicted octanol–water partition coefficient (Wildman–Crippen LogP) is 3.69. The SMILES string of the molecule is Clc1ccc(CNC2CCN(Cc3ccccc3)CC2)o1. The fourth-order valence-corrected chi connectivity index (χ4v) is 2.99. The number of nitrogens with zero attached hydrogens (tertiary/aromatic N) is 1. The number of likely N-dealkylation sites (tertiary alicyclic amines) is 1. The lowest BCUT2D eigenvalue weighted by Gasteiger charge is -2.32. The molecule has 1 aromatic heterocycles. The van der Waals surface area contributed by atoms with Crippen LogP contribution in [0.4, 0.5) is 0 Å². The summed E-state index contributed by atoms with van der Waals surface area (Å²) in [5, 5.41) is 4.02. The van der Waals surface area contributed by atoms with Crippen molar-refractivity contribution in [3.05, 3.63) is 59.0 Å². The van der Waals surface area contributed by atoms with Gasteiger partial charge < -0.3 is 9.73 Å². The molecule has 3 nitrogen and oxygen atoms in total. The third-order valence-corrected chi connectivity index (χ3v) is 4.23. The second kappa shape index (κ2) is 7.12. The molecular weight excluding hydrogens is 284 g/mol. The molecule has 2 aromatic rings. The van der Waals surface area contributed by atoms with Crippen molar-refractivity contribution >= 4 is 11.6 Å². The summed E-state index contributed by atoms with van der Waals surface area (Å²) in [6.07, 6.45) is 2.36. The Morgan fingerprint density at radius 3 is 2.52 bits per heavy atom. The molecule has 21 heavy (non-hydrogen) atoms. The highest BCUT2D eigenvalue weighted by atomic mass is 35.5. The topological polar surface area (TPSA) is 28.4 Å². The smallest absolute Gasteiger partial charge is 0.193 e. The van der Waals surface area contributed by atoms with Crippen molar-refractivity contribution in [1.82, 2.24) is 10.2 Å². The van der Waals surface area contributed by atoms with Crippen LogP contribution >= 0.6 is 11.6 Å². The van der Waals surface area contributed by atoms with Gasteiger partial charge in [-0.3, -0.25) is 4.90 Å². The highest BCUT2D eigenvalue weighted by Crippen LogP contribution is 2.16. The molecule has 0 spiro atoms. The Kier molecular flexibility index (Phi) is 4.96. The van der Waals surface area contributed by atoms with Crippen molar-refractivity contribution in [2.75, 3.05) is 13.1 Å². The minimum absolute atomic E-state index is 0.462. The first-order chi connectivity index (χ1) is 10.3. The van der Waals surface area contributed by atoms with E-state index in [1.54, 1.807) is 6.07 Å². The lowest BCUT2D eigenvalue weighted by molar-refractivity contribution is 0.188. The van der Waals surface area contributed by atoms with E-state index in [4.69, 9.17) is 16.0 Å². The molecule has 3 rings (SSSR count). The molecule has 0 bridgehead atoms. The number of hydrogen-bond acceptors (Lipinski definition) is 3. The van der Waals surface area contributed by atoms with Gasteiger partial charge in [-0.1, -0.05) is 30.3 Å². The van der Waals surface area contributed by atoms with Gasteiger partial charge in [0.1, 0.15) is 5.76 Å². The Balaban J connectivity index is 1.40. The fraction of sp³-hybridized carbons (Fsp3) is 0.412.